The molecule has 0 spiro atoms. The highest BCUT2D eigenvalue weighted by atomic mass is 16.9. The predicted molar refractivity (Wildman–Crippen MR) is 42.0 cm³/mol. The van der Waals surface area contributed by atoms with E-state index in [0.29, 0.717) is 16.8 Å². The minimum Gasteiger partial charge on any atom is -0.784 e. The van der Waals surface area contributed by atoms with Gasteiger partial charge in [-0.3, -0.25) is 0 Å². The van der Waals surface area contributed by atoms with Crippen molar-refractivity contribution in [2.75, 3.05) is 13.2 Å². The predicted octanol–water partition coefficient (Wildman–Crippen LogP) is 0.903. The van der Waals surface area contributed by atoms with Gasteiger partial charge in [0.15, 0.2) is 0 Å². The van der Waals surface area contributed by atoms with Crippen LogP contribution in [0.3, 0.4) is 0 Å². The summed E-state index contributed by atoms with van der Waals surface area (Å²) in [6.07, 6.45) is -0.183. The van der Waals surface area contributed by atoms with Gasteiger partial charge in [-0.15, -0.1) is 0 Å². The molecule has 0 aromatic carbocycles. The second-order valence-electron chi connectivity index (χ2n) is 2.43. The second kappa shape index (κ2) is 5.45. The molecule has 0 N–H and O–H groups in total. The van der Waals surface area contributed by atoms with Crippen LogP contribution in [0.4, 0.5) is 0 Å². The molecule has 5 nitrogen and oxygen atoms in total. The molecule has 0 aliphatic heterocycles. The molecule has 0 saturated carbocycles. The van der Waals surface area contributed by atoms with E-state index >= 15 is 0 Å². The Balaban J connectivity index is 3.43. The molecule has 0 unspecified atom stereocenters. The molecule has 11 heavy (non-hydrogen) atoms. The highest BCUT2D eigenvalue weighted by Crippen LogP contribution is 1.95. The van der Waals surface area contributed by atoms with Gasteiger partial charge in [-0.1, -0.05) is 6.92 Å². The summed E-state index contributed by atoms with van der Waals surface area (Å²) in [4.78, 5) is 4.66. The van der Waals surface area contributed by atoms with Crippen LogP contribution < -0.4 is 0 Å². The third-order valence-electron chi connectivity index (χ3n) is 0.954. The highest BCUT2D eigenvalue weighted by Gasteiger charge is 1.95. The Morgan fingerprint density at radius 3 is 2.27 bits per heavy atom. The lowest BCUT2D eigenvalue weighted by atomic mass is 10.5. The zero-order valence-corrected chi connectivity index (χ0v) is 7.11. The quantitative estimate of drug-likeness (QED) is 0.444. The molecular formula is C6H14N2O3-2. The van der Waals surface area contributed by atoms with E-state index in [9.17, 15) is 10.4 Å². The average molecular weight is 162 g/mol. The van der Waals surface area contributed by atoms with Crippen molar-refractivity contribution < 1.29 is 4.84 Å². The van der Waals surface area contributed by atoms with Crippen molar-refractivity contribution in [1.82, 2.24) is 10.3 Å². The minimum atomic E-state index is -0.255. The first kappa shape index (κ1) is 10.8. The molecule has 0 fully saturated rings. The Kier molecular flexibility index (Phi) is 5.35. The molecule has 0 aromatic rings. The van der Waals surface area contributed by atoms with Crippen molar-refractivity contribution >= 4 is 0 Å². The third-order valence-corrected chi connectivity index (χ3v) is 0.954. The summed E-state index contributed by atoms with van der Waals surface area (Å²) in [5.74, 6) is 0. The van der Waals surface area contributed by atoms with Gasteiger partial charge in [0.1, 0.15) is 0 Å². The summed E-state index contributed by atoms with van der Waals surface area (Å²) in [5, 5.41) is 22.2. The van der Waals surface area contributed by atoms with E-state index in [-0.39, 0.29) is 12.8 Å². The normalized spacial score (nSPS) is 12.0. The SMILES string of the molecule is CCN([O-])CN([O-])OC(C)C. The summed E-state index contributed by atoms with van der Waals surface area (Å²) < 4.78 is 0. The van der Waals surface area contributed by atoms with Crippen molar-refractivity contribution in [3.8, 4) is 0 Å². The molecule has 5 heteroatoms. The number of hydrogen-bond acceptors (Lipinski definition) is 5. The Labute approximate surface area is 66.6 Å². The molecule has 0 aliphatic rings. The standard InChI is InChI=1S/C6H14N2O3/c1-4-7(9)5-8(10)11-6(2)3/h6H,4-5H2,1-3H3/q-2. The zero-order chi connectivity index (χ0) is 8.85. The van der Waals surface area contributed by atoms with Crippen LogP contribution >= 0.6 is 0 Å². The van der Waals surface area contributed by atoms with E-state index < -0.39 is 0 Å². The van der Waals surface area contributed by atoms with Gasteiger partial charge in [-0.05, 0) is 20.4 Å². The van der Waals surface area contributed by atoms with E-state index in [1.165, 1.54) is 0 Å². The van der Waals surface area contributed by atoms with Crippen LogP contribution in [0.1, 0.15) is 20.8 Å². The Morgan fingerprint density at radius 2 is 1.91 bits per heavy atom. The number of rotatable bonds is 5. The topological polar surface area (TPSA) is 61.8 Å². The fourth-order valence-electron chi connectivity index (χ4n) is 0.497. The van der Waals surface area contributed by atoms with Gasteiger partial charge >= 0.3 is 0 Å². The monoisotopic (exact) mass is 162 g/mol. The van der Waals surface area contributed by atoms with E-state index in [4.69, 9.17) is 0 Å². The lowest BCUT2D eigenvalue weighted by Gasteiger charge is -2.37. The molecular weight excluding hydrogens is 148 g/mol. The first-order valence-corrected chi connectivity index (χ1v) is 3.59. The summed E-state index contributed by atoms with van der Waals surface area (Å²) in [6.45, 7) is 5.17. The second-order valence-corrected chi connectivity index (χ2v) is 2.43. The molecule has 0 aromatic heterocycles. The van der Waals surface area contributed by atoms with Gasteiger partial charge in [0.2, 0.25) is 0 Å². The molecule has 0 radical (unpaired) electrons. The van der Waals surface area contributed by atoms with Crippen LogP contribution in [0.2, 0.25) is 0 Å². The number of nitrogens with zero attached hydrogens (tertiary/aromatic N) is 2. The first-order valence-electron chi connectivity index (χ1n) is 3.59. The van der Waals surface area contributed by atoms with E-state index in [0.717, 1.165) is 0 Å². The van der Waals surface area contributed by atoms with Gasteiger partial charge in [-0.2, -0.15) is 0 Å². The molecule has 0 rings (SSSR count). The molecule has 0 aliphatic carbocycles. The maximum atomic E-state index is 10.7. The van der Waals surface area contributed by atoms with Crippen molar-refractivity contribution in [3.63, 3.8) is 0 Å². The Hall–Kier alpha value is -0.200. The molecule has 0 atom stereocenters. The molecule has 0 amide bonds. The fraction of sp³-hybridized carbons (Fsp3) is 1.00. The van der Waals surface area contributed by atoms with E-state index in [1.54, 1.807) is 20.8 Å². The van der Waals surface area contributed by atoms with E-state index in [1.807, 2.05) is 0 Å². The summed E-state index contributed by atoms with van der Waals surface area (Å²) in [7, 11) is 0. The van der Waals surface area contributed by atoms with Crippen LogP contribution in [0.15, 0.2) is 0 Å². The van der Waals surface area contributed by atoms with Crippen molar-refractivity contribution in [3.05, 3.63) is 10.4 Å². The van der Waals surface area contributed by atoms with Gasteiger partial charge in [-0.25, -0.2) is 5.23 Å². The summed E-state index contributed by atoms with van der Waals surface area (Å²) in [6, 6.07) is 0. The lowest BCUT2D eigenvalue weighted by molar-refractivity contribution is -0.169. The largest absolute Gasteiger partial charge is 0.784 e. The molecule has 0 saturated heterocycles. The van der Waals surface area contributed by atoms with Crippen LogP contribution in [0.5, 0.6) is 0 Å². The highest BCUT2D eigenvalue weighted by molar-refractivity contribution is 4.51. The van der Waals surface area contributed by atoms with E-state index in [2.05, 4.69) is 4.84 Å². The van der Waals surface area contributed by atoms with Crippen molar-refractivity contribution in [1.29, 1.82) is 0 Å². The maximum Gasteiger partial charge on any atom is 0.0725 e. The Bertz CT molecular complexity index is 99.8. The Morgan fingerprint density at radius 1 is 1.36 bits per heavy atom. The van der Waals surface area contributed by atoms with Crippen molar-refractivity contribution in [2.45, 2.75) is 26.9 Å². The van der Waals surface area contributed by atoms with Crippen molar-refractivity contribution in [2.24, 2.45) is 0 Å². The van der Waals surface area contributed by atoms with Crippen LogP contribution in [0.25, 0.3) is 0 Å². The molecule has 0 heterocycles. The summed E-state index contributed by atoms with van der Waals surface area (Å²) in [5.41, 5.74) is 0. The van der Waals surface area contributed by atoms with Gasteiger partial charge in [0.25, 0.3) is 0 Å². The maximum absolute atomic E-state index is 10.7. The van der Waals surface area contributed by atoms with Gasteiger partial charge < -0.3 is 20.3 Å². The molecule has 68 valence electrons. The first-order chi connectivity index (χ1) is 5.06. The third kappa shape index (κ3) is 6.21. The lowest BCUT2D eigenvalue weighted by Crippen LogP contribution is -2.32. The fourth-order valence-corrected chi connectivity index (χ4v) is 0.497. The van der Waals surface area contributed by atoms with Gasteiger partial charge in [0.05, 0.1) is 12.8 Å². The number of hydrogen-bond donors (Lipinski definition) is 0. The zero-order valence-electron chi connectivity index (χ0n) is 7.11. The van der Waals surface area contributed by atoms with Gasteiger partial charge in [0, 0.05) is 0 Å². The summed E-state index contributed by atoms with van der Waals surface area (Å²) >= 11 is 0. The number of hydroxylamine groups is 4. The molecule has 0 bridgehead atoms. The minimum absolute atomic E-state index is 0.183. The smallest absolute Gasteiger partial charge is 0.0725 e. The van der Waals surface area contributed by atoms with Crippen LogP contribution in [0, 0.1) is 10.4 Å². The van der Waals surface area contributed by atoms with Crippen LogP contribution in [-0.4, -0.2) is 29.6 Å². The van der Waals surface area contributed by atoms with Crippen LogP contribution in [-0.2, 0) is 4.84 Å². The average Bonchev–Trinajstić information content (AvgIpc) is 1.85.